The molecule has 0 bridgehead atoms. The van der Waals surface area contributed by atoms with E-state index < -0.39 is 0 Å². The fourth-order valence-electron chi connectivity index (χ4n) is 2.66. The van der Waals surface area contributed by atoms with Crippen LogP contribution in [0.5, 0.6) is 0 Å². The van der Waals surface area contributed by atoms with Gasteiger partial charge in [0.1, 0.15) is 5.01 Å². The highest BCUT2D eigenvalue weighted by Gasteiger charge is 2.34. The van der Waals surface area contributed by atoms with Crippen LogP contribution in [0.3, 0.4) is 0 Å². The molecule has 6 nitrogen and oxygen atoms in total. The Morgan fingerprint density at radius 2 is 2.16 bits per heavy atom. The molecule has 0 saturated carbocycles. The predicted molar refractivity (Wildman–Crippen MR) is 97.6 cm³/mol. The van der Waals surface area contributed by atoms with Crippen LogP contribution in [0.15, 0.2) is 24.3 Å². The van der Waals surface area contributed by atoms with Crippen molar-refractivity contribution in [3.63, 3.8) is 0 Å². The lowest BCUT2D eigenvalue weighted by atomic mass is 10.1. The zero-order valence-electron chi connectivity index (χ0n) is 14.0. The SMILES string of the molecule is CC(C)c1nnc(NC(=O)[C@@H]2CC(=O)N(Cc3ccccc3Cl)C2)s1. The van der Waals surface area contributed by atoms with Gasteiger partial charge in [0.25, 0.3) is 0 Å². The molecule has 0 aliphatic carbocycles. The smallest absolute Gasteiger partial charge is 0.231 e. The van der Waals surface area contributed by atoms with Gasteiger partial charge in [-0.15, -0.1) is 10.2 Å². The van der Waals surface area contributed by atoms with Crippen LogP contribution in [-0.2, 0) is 16.1 Å². The molecule has 0 radical (unpaired) electrons. The molecule has 1 aromatic carbocycles. The topological polar surface area (TPSA) is 75.2 Å². The van der Waals surface area contributed by atoms with Gasteiger partial charge in [-0.2, -0.15) is 0 Å². The molecule has 1 aromatic heterocycles. The monoisotopic (exact) mass is 378 g/mol. The molecule has 0 spiro atoms. The van der Waals surface area contributed by atoms with E-state index in [4.69, 9.17) is 11.6 Å². The maximum absolute atomic E-state index is 12.4. The normalized spacial score (nSPS) is 17.4. The minimum absolute atomic E-state index is 0.0415. The number of anilines is 1. The number of carbonyl (C=O) groups is 2. The first-order chi connectivity index (χ1) is 11.9. The summed E-state index contributed by atoms with van der Waals surface area (Å²) in [6.07, 6.45) is 0.201. The van der Waals surface area contributed by atoms with Crippen LogP contribution in [-0.4, -0.2) is 33.5 Å². The standard InChI is InChI=1S/C17H19ClN4O2S/c1-10(2)16-20-21-17(25-16)19-15(24)12-7-14(23)22(9-12)8-11-5-3-4-6-13(11)18/h3-6,10,12H,7-9H2,1-2H3,(H,19,21,24)/t12-/m1/s1. The maximum atomic E-state index is 12.4. The summed E-state index contributed by atoms with van der Waals surface area (Å²) < 4.78 is 0. The zero-order chi connectivity index (χ0) is 18.0. The summed E-state index contributed by atoms with van der Waals surface area (Å²) in [5.74, 6) is -0.356. The second-order valence-corrected chi connectivity index (χ2v) is 7.77. The minimum Gasteiger partial charge on any atom is -0.337 e. The average molecular weight is 379 g/mol. The Labute approximate surface area is 155 Å². The second-order valence-electron chi connectivity index (χ2n) is 6.36. The lowest BCUT2D eigenvalue weighted by molar-refractivity contribution is -0.128. The van der Waals surface area contributed by atoms with Crippen LogP contribution in [0.1, 0.15) is 36.8 Å². The van der Waals surface area contributed by atoms with Gasteiger partial charge in [0.15, 0.2) is 0 Å². The van der Waals surface area contributed by atoms with Crippen LogP contribution < -0.4 is 5.32 Å². The Morgan fingerprint density at radius 3 is 2.84 bits per heavy atom. The predicted octanol–water partition coefficient (Wildman–Crippen LogP) is 3.30. The van der Waals surface area contributed by atoms with E-state index in [2.05, 4.69) is 15.5 Å². The lowest BCUT2D eigenvalue weighted by Crippen LogP contribution is -2.28. The van der Waals surface area contributed by atoms with E-state index in [1.807, 2.05) is 32.0 Å². The molecule has 1 N–H and O–H groups in total. The van der Waals surface area contributed by atoms with Crippen molar-refractivity contribution in [1.29, 1.82) is 0 Å². The van der Waals surface area contributed by atoms with Crippen molar-refractivity contribution in [3.8, 4) is 0 Å². The van der Waals surface area contributed by atoms with Crippen molar-refractivity contribution in [2.75, 3.05) is 11.9 Å². The van der Waals surface area contributed by atoms with Crippen LogP contribution in [0, 0.1) is 5.92 Å². The van der Waals surface area contributed by atoms with Crippen LogP contribution in [0.2, 0.25) is 5.02 Å². The van der Waals surface area contributed by atoms with Crippen molar-refractivity contribution in [2.45, 2.75) is 32.7 Å². The summed E-state index contributed by atoms with van der Waals surface area (Å²) >= 11 is 7.52. The van der Waals surface area contributed by atoms with E-state index in [-0.39, 0.29) is 30.1 Å². The first kappa shape index (κ1) is 17.8. The van der Waals surface area contributed by atoms with Crippen LogP contribution >= 0.6 is 22.9 Å². The Kier molecular flexibility index (Phi) is 5.34. The number of nitrogens with one attached hydrogen (secondary N) is 1. The molecule has 132 valence electrons. The maximum Gasteiger partial charge on any atom is 0.231 e. The first-order valence-corrected chi connectivity index (χ1v) is 9.29. The van der Waals surface area contributed by atoms with Crippen molar-refractivity contribution >= 4 is 39.9 Å². The Bertz CT molecular complexity index is 792. The summed E-state index contributed by atoms with van der Waals surface area (Å²) in [5.41, 5.74) is 0.879. The number of hydrogen-bond acceptors (Lipinski definition) is 5. The highest BCUT2D eigenvalue weighted by atomic mass is 35.5. The largest absolute Gasteiger partial charge is 0.337 e. The number of hydrogen-bond donors (Lipinski definition) is 1. The van der Waals surface area contributed by atoms with E-state index in [1.165, 1.54) is 11.3 Å². The molecule has 1 aliphatic rings. The molecule has 2 heterocycles. The van der Waals surface area contributed by atoms with Crippen LogP contribution in [0.25, 0.3) is 0 Å². The number of likely N-dealkylation sites (tertiary alicyclic amines) is 1. The molecular formula is C17H19ClN4O2S. The van der Waals surface area contributed by atoms with Crippen molar-refractivity contribution in [1.82, 2.24) is 15.1 Å². The molecule has 0 unspecified atom stereocenters. The van der Waals surface area contributed by atoms with Crippen molar-refractivity contribution in [2.24, 2.45) is 5.92 Å². The highest BCUT2D eigenvalue weighted by molar-refractivity contribution is 7.15. The van der Waals surface area contributed by atoms with Gasteiger partial charge in [-0.25, -0.2) is 0 Å². The Morgan fingerprint density at radius 1 is 1.40 bits per heavy atom. The molecule has 3 rings (SSSR count). The third-order valence-electron chi connectivity index (χ3n) is 4.07. The van der Waals surface area contributed by atoms with Crippen molar-refractivity contribution in [3.05, 3.63) is 39.9 Å². The Hall–Kier alpha value is -1.99. The van der Waals surface area contributed by atoms with E-state index >= 15 is 0 Å². The molecule has 1 saturated heterocycles. The number of benzene rings is 1. The fraction of sp³-hybridized carbons (Fsp3) is 0.412. The first-order valence-electron chi connectivity index (χ1n) is 8.09. The second kappa shape index (κ2) is 7.49. The lowest BCUT2D eigenvalue weighted by Gasteiger charge is -2.17. The molecule has 1 fully saturated rings. The molecule has 25 heavy (non-hydrogen) atoms. The highest BCUT2D eigenvalue weighted by Crippen LogP contribution is 2.26. The molecule has 8 heteroatoms. The molecule has 2 aromatic rings. The van der Waals surface area contributed by atoms with Gasteiger partial charge in [-0.05, 0) is 11.6 Å². The summed E-state index contributed by atoms with van der Waals surface area (Å²) in [5, 5.41) is 12.8. The minimum atomic E-state index is -0.388. The fourth-order valence-corrected chi connectivity index (χ4v) is 3.60. The molecular weight excluding hydrogens is 360 g/mol. The van der Waals surface area contributed by atoms with E-state index in [0.717, 1.165) is 10.6 Å². The summed E-state index contributed by atoms with van der Waals surface area (Å²) in [4.78, 5) is 26.3. The van der Waals surface area contributed by atoms with Crippen molar-refractivity contribution < 1.29 is 9.59 Å². The number of nitrogens with zero attached hydrogens (tertiary/aromatic N) is 3. The quantitative estimate of drug-likeness (QED) is 0.866. The van der Waals surface area contributed by atoms with Gasteiger partial charge in [-0.1, -0.05) is 55.0 Å². The van der Waals surface area contributed by atoms with E-state index in [0.29, 0.717) is 23.2 Å². The average Bonchev–Trinajstić information content (AvgIpc) is 3.17. The third-order valence-corrected chi connectivity index (χ3v) is 5.58. The van der Waals surface area contributed by atoms with Gasteiger partial charge in [-0.3, -0.25) is 9.59 Å². The number of rotatable bonds is 5. The zero-order valence-corrected chi connectivity index (χ0v) is 15.6. The number of aromatic nitrogens is 2. The molecule has 1 atom stereocenters. The number of carbonyl (C=O) groups excluding carboxylic acids is 2. The third kappa shape index (κ3) is 4.16. The summed E-state index contributed by atoms with van der Waals surface area (Å²) in [6, 6.07) is 7.41. The summed E-state index contributed by atoms with van der Waals surface area (Å²) in [7, 11) is 0. The van der Waals surface area contributed by atoms with E-state index in [1.54, 1.807) is 11.0 Å². The molecule has 2 amide bonds. The number of amides is 2. The van der Waals surface area contributed by atoms with Crippen LogP contribution in [0.4, 0.5) is 5.13 Å². The number of halogens is 1. The van der Waals surface area contributed by atoms with E-state index in [9.17, 15) is 9.59 Å². The van der Waals surface area contributed by atoms with Gasteiger partial charge in [0.05, 0.1) is 5.92 Å². The van der Waals surface area contributed by atoms with Gasteiger partial charge < -0.3 is 10.2 Å². The summed E-state index contributed by atoms with van der Waals surface area (Å²) in [6.45, 7) is 4.84. The van der Waals surface area contributed by atoms with Gasteiger partial charge >= 0.3 is 0 Å². The molecule has 1 aliphatic heterocycles. The van der Waals surface area contributed by atoms with Gasteiger partial charge in [0.2, 0.25) is 16.9 Å². The van der Waals surface area contributed by atoms with Gasteiger partial charge in [0, 0.05) is 30.5 Å². The Balaban J connectivity index is 1.61.